The van der Waals surface area contributed by atoms with Crippen LogP contribution >= 0.6 is 11.6 Å². The van der Waals surface area contributed by atoms with Gasteiger partial charge in [-0.1, -0.05) is 11.6 Å². The van der Waals surface area contributed by atoms with Gasteiger partial charge in [-0.05, 0) is 36.4 Å². The standard InChI is InChI=1S/C18H14ClFN4O3/c19-10-1-3-12-14(7-10)22-6-5-15(12)27-16-4-2-11(8-13(16)20)24-17(25)9-23-18(21)26/h1-8H,9H2,(H,24,25)(H3,21,23,26). The van der Waals surface area contributed by atoms with Crippen LogP contribution in [0.1, 0.15) is 0 Å². The SMILES string of the molecule is NC(=O)NCC(=O)Nc1ccc(Oc2ccnc3cc(Cl)ccc23)c(F)c1. The lowest BCUT2D eigenvalue weighted by Crippen LogP contribution is -2.36. The van der Waals surface area contributed by atoms with Gasteiger partial charge in [-0.2, -0.15) is 0 Å². The van der Waals surface area contributed by atoms with Crippen molar-refractivity contribution in [2.45, 2.75) is 0 Å². The van der Waals surface area contributed by atoms with Crippen LogP contribution in [0.25, 0.3) is 10.9 Å². The summed E-state index contributed by atoms with van der Waals surface area (Å²) in [6.45, 7) is -0.319. The Morgan fingerprint density at radius 2 is 1.96 bits per heavy atom. The molecule has 0 fully saturated rings. The van der Waals surface area contributed by atoms with Crippen LogP contribution in [0.3, 0.4) is 0 Å². The van der Waals surface area contributed by atoms with Crippen LogP contribution in [0, 0.1) is 5.82 Å². The van der Waals surface area contributed by atoms with E-state index in [0.717, 1.165) is 6.07 Å². The van der Waals surface area contributed by atoms with Crippen molar-refractivity contribution in [3.8, 4) is 11.5 Å². The molecule has 0 spiro atoms. The number of nitrogens with zero attached hydrogens (tertiary/aromatic N) is 1. The predicted molar refractivity (Wildman–Crippen MR) is 99.4 cm³/mol. The summed E-state index contributed by atoms with van der Waals surface area (Å²) in [5.41, 5.74) is 5.71. The van der Waals surface area contributed by atoms with Crippen LogP contribution in [-0.4, -0.2) is 23.5 Å². The Morgan fingerprint density at radius 1 is 1.15 bits per heavy atom. The quantitative estimate of drug-likeness (QED) is 0.622. The summed E-state index contributed by atoms with van der Waals surface area (Å²) in [5.74, 6) is -0.822. The number of fused-ring (bicyclic) bond motifs is 1. The Bertz CT molecular complexity index is 1030. The largest absolute Gasteiger partial charge is 0.454 e. The number of urea groups is 1. The number of carbonyl (C=O) groups is 2. The van der Waals surface area contributed by atoms with Gasteiger partial charge in [-0.25, -0.2) is 9.18 Å². The first kappa shape index (κ1) is 18.4. The highest BCUT2D eigenvalue weighted by Gasteiger charge is 2.11. The van der Waals surface area contributed by atoms with Crippen molar-refractivity contribution in [3.63, 3.8) is 0 Å². The van der Waals surface area contributed by atoms with Crippen LogP contribution in [0.5, 0.6) is 11.5 Å². The Labute approximate surface area is 158 Å². The average Bonchev–Trinajstić information content (AvgIpc) is 2.62. The van der Waals surface area contributed by atoms with E-state index < -0.39 is 17.8 Å². The number of aromatic nitrogens is 1. The molecule has 3 aromatic rings. The molecule has 0 aliphatic carbocycles. The number of pyridine rings is 1. The van der Waals surface area contributed by atoms with Crippen LogP contribution in [-0.2, 0) is 4.79 Å². The number of carbonyl (C=O) groups excluding carboxylic acids is 2. The number of halogens is 2. The fourth-order valence-corrected chi connectivity index (χ4v) is 2.50. The van der Waals surface area contributed by atoms with Gasteiger partial charge in [-0.15, -0.1) is 0 Å². The van der Waals surface area contributed by atoms with E-state index in [9.17, 15) is 14.0 Å². The van der Waals surface area contributed by atoms with Crippen LogP contribution in [0.4, 0.5) is 14.9 Å². The lowest BCUT2D eigenvalue weighted by Gasteiger charge is -2.11. The first-order valence-corrected chi connectivity index (χ1v) is 8.15. The third kappa shape index (κ3) is 4.62. The molecule has 0 saturated carbocycles. The maximum Gasteiger partial charge on any atom is 0.312 e. The zero-order valence-corrected chi connectivity index (χ0v) is 14.6. The molecule has 1 heterocycles. The molecule has 3 amide bonds. The fraction of sp³-hybridized carbons (Fsp3) is 0.0556. The predicted octanol–water partition coefficient (Wildman–Crippen LogP) is 3.43. The van der Waals surface area contributed by atoms with Gasteiger partial charge >= 0.3 is 6.03 Å². The van der Waals surface area contributed by atoms with E-state index in [1.165, 1.54) is 18.3 Å². The summed E-state index contributed by atoms with van der Waals surface area (Å²) in [5, 5.41) is 5.78. The van der Waals surface area contributed by atoms with Crippen molar-refractivity contribution in [1.82, 2.24) is 10.3 Å². The van der Waals surface area contributed by atoms with Crippen LogP contribution < -0.4 is 21.1 Å². The molecule has 0 atom stereocenters. The Morgan fingerprint density at radius 3 is 2.70 bits per heavy atom. The number of nitrogens with two attached hydrogens (primary N) is 1. The first-order chi connectivity index (χ1) is 12.9. The zero-order valence-electron chi connectivity index (χ0n) is 13.8. The molecule has 0 saturated heterocycles. The number of hydrogen-bond donors (Lipinski definition) is 3. The number of rotatable bonds is 5. The van der Waals surface area contributed by atoms with E-state index in [2.05, 4.69) is 15.6 Å². The third-order valence-electron chi connectivity index (χ3n) is 3.52. The maximum absolute atomic E-state index is 14.4. The molecule has 138 valence electrons. The van der Waals surface area contributed by atoms with E-state index in [0.29, 0.717) is 21.7 Å². The van der Waals surface area contributed by atoms with Gasteiger partial charge < -0.3 is 21.1 Å². The fourth-order valence-electron chi connectivity index (χ4n) is 2.34. The van der Waals surface area contributed by atoms with Crippen LogP contribution in [0.15, 0.2) is 48.7 Å². The topological polar surface area (TPSA) is 106 Å². The second-order valence-corrected chi connectivity index (χ2v) is 5.92. The minimum absolute atomic E-state index is 0.0225. The smallest absolute Gasteiger partial charge is 0.312 e. The number of ether oxygens (including phenoxy) is 1. The van der Waals surface area contributed by atoms with Crippen molar-refractivity contribution in [3.05, 3.63) is 59.5 Å². The molecule has 0 bridgehead atoms. The zero-order chi connectivity index (χ0) is 19.4. The van der Waals surface area contributed by atoms with Gasteiger partial charge in [0.25, 0.3) is 0 Å². The molecule has 27 heavy (non-hydrogen) atoms. The van der Waals surface area contributed by atoms with Crippen molar-refractivity contribution < 1.29 is 18.7 Å². The summed E-state index contributed by atoms with van der Waals surface area (Å²) in [7, 11) is 0. The number of anilines is 1. The summed E-state index contributed by atoms with van der Waals surface area (Å²) >= 11 is 5.95. The molecular weight excluding hydrogens is 375 g/mol. The summed E-state index contributed by atoms with van der Waals surface area (Å²) < 4.78 is 20.0. The normalized spacial score (nSPS) is 10.4. The van der Waals surface area contributed by atoms with Crippen LogP contribution in [0.2, 0.25) is 5.02 Å². The number of nitrogens with one attached hydrogen (secondary N) is 2. The second-order valence-electron chi connectivity index (χ2n) is 5.48. The monoisotopic (exact) mass is 388 g/mol. The molecule has 2 aromatic carbocycles. The molecule has 4 N–H and O–H groups in total. The third-order valence-corrected chi connectivity index (χ3v) is 3.76. The number of benzene rings is 2. The van der Waals surface area contributed by atoms with E-state index >= 15 is 0 Å². The minimum Gasteiger partial charge on any atom is -0.454 e. The highest BCUT2D eigenvalue weighted by molar-refractivity contribution is 6.31. The van der Waals surface area contributed by atoms with Gasteiger partial charge in [0, 0.05) is 28.4 Å². The highest BCUT2D eigenvalue weighted by Crippen LogP contribution is 2.32. The lowest BCUT2D eigenvalue weighted by molar-refractivity contribution is -0.115. The molecular formula is C18H14ClFN4O3. The van der Waals surface area contributed by atoms with E-state index in [1.54, 1.807) is 24.3 Å². The number of amides is 3. The average molecular weight is 389 g/mol. The molecule has 3 rings (SSSR count). The maximum atomic E-state index is 14.4. The Balaban J connectivity index is 1.77. The second kappa shape index (κ2) is 7.88. The Kier molecular flexibility index (Phi) is 5.37. The first-order valence-electron chi connectivity index (χ1n) is 7.77. The van der Waals surface area contributed by atoms with Gasteiger partial charge in [0.2, 0.25) is 5.91 Å². The Hall–Kier alpha value is -3.39. The molecule has 0 unspecified atom stereocenters. The molecule has 0 aliphatic rings. The molecule has 7 nitrogen and oxygen atoms in total. The summed E-state index contributed by atoms with van der Waals surface area (Å²) in [6, 6.07) is 9.85. The molecule has 9 heteroatoms. The molecule has 1 aromatic heterocycles. The molecule has 0 radical (unpaired) electrons. The van der Waals surface area contributed by atoms with Gasteiger partial charge in [0.1, 0.15) is 5.75 Å². The summed E-state index contributed by atoms with van der Waals surface area (Å²) in [4.78, 5) is 26.4. The summed E-state index contributed by atoms with van der Waals surface area (Å²) in [6.07, 6.45) is 1.53. The number of hydrogen-bond acceptors (Lipinski definition) is 4. The van der Waals surface area contributed by atoms with Gasteiger partial charge in [0.15, 0.2) is 11.6 Å². The van der Waals surface area contributed by atoms with E-state index in [4.69, 9.17) is 22.1 Å². The van der Waals surface area contributed by atoms with Crippen molar-refractivity contribution in [2.75, 3.05) is 11.9 Å². The lowest BCUT2D eigenvalue weighted by atomic mass is 10.2. The van der Waals surface area contributed by atoms with Gasteiger partial charge in [0.05, 0.1) is 12.1 Å². The number of primary amides is 1. The van der Waals surface area contributed by atoms with Crippen molar-refractivity contribution in [2.24, 2.45) is 5.73 Å². The highest BCUT2D eigenvalue weighted by atomic mass is 35.5. The van der Waals surface area contributed by atoms with E-state index in [-0.39, 0.29) is 18.0 Å². The van der Waals surface area contributed by atoms with Gasteiger partial charge in [-0.3, -0.25) is 9.78 Å². The molecule has 0 aliphatic heterocycles. The van der Waals surface area contributed by atoms with Crippen molar-refractivity contribution >= 4 is 40.1 Å². The van der Waals surface area contributed by atoms with Crippen molar-refractivity contribution in [1.29, 1.82) is 0 Å². The van der Waals surface area contributed by atoms with E-state index in [1.807, 2.05) is 0 Å². The minimum atomic E-state index is -0.828.